The van der Waals surface area contributed by atoms with E-state index in [1.165, 1.54) is 19.1 Å². The van der Waals surface area contributed by atoms with Crippen molar-refractivity contribution >= 4 is 24.2 Å². The van der Waals surface area contributed by atoms with Gasteiger partial charge in [-0.15, -0.1) is 12.4 Å². The molecule has 2 aromatic carbocycles. The molecule has 2 amide bonds. The number of carbonyl (C=O) groups is 2. The van der Waals surface area contributed by atoms with Crippen LogP contribution in [0.15, 0.2) is 48.5 Å². The van der Waals surface area contributed by atoms with E-state index in [0.717, 1.165) is 11.1 Å². The standard InChI is InChI=1S/C20H22FN3O2.ClH/c1-14(25)23-12-15-5-7-16(8-6-15)20(26)24-10-9-22-13-19(24)17-3-2-4-18(21)11-17;/h2-8,11,19,22H,9-10,12-13H2,1H3,(H,23,25);1H. The molecule has 2 aromatic rings. The SMILES string of the molecule is CC(=O)NCc1ccc(C(=O)N2CCNCC2c2cccc(F)c2)cc1.Cl. The minimum absolute atomic E-state index is 0. The number of rotatable bonds is 4. The number of nitrogens with one attached hydrogen (secondary N) is 2. The van der Waals surface area contributed by atoms with Gasteiger partial charge in [-0.25, -0.2) is 4.39 Å². The number of piperazine rings is 1. The van der Waals surface area contributed by atoms with Crippen molar-refractivity contribution < 1.29 is 14.0 Å². The largest absolute Gasteiger partial charge is 0.352 e. The van der Waals surface area contributed by atoms with E-state index in [9.17, 15) is 14.0 Å². The summed E-state index contributed by atoms with van der Waals surface area (Å²) in [4.78, 5) is 25.8. The first-order valence-corrected chi connectivity index (χ1v) is 8.65. The third-order valence-corrected chi connectivity index (χ3v) is 4.48. The fourth-order valence-electron chi connectivity index (χ4n) is 3.12. The summed E-state index contributed by atoms with van der Waals surface area (Å²) >= 11 is 0. The van der Waals surface area contributed by atoms with E-state index in [4.69, 9.17) is 0 Å². The first-order chi connectivity index (χ1) is 12.5. The maximum atomic E-state index is 13.6. The lowest BCUT2D eigenvalue weighted by Gasteiger charge is -2.36. The van der Waals surface area contributed by atoms with Crippen LogP contribution in [0.25, 0.3) is 0 Å². The van der Waals surface area contributed by atoms with Gasteiger partial charge < -0.3 is 15.5 Å². The normalized spacial score (nSPS) is 16.4. The molecule has 27 heavy (non-hydrogen) atoms. The van der Waals surface area contributed by atoms with Crippen molar-refractivity contribution in [2.75, 3.05) is 19.6 Å². The highest BCUT2D eigenvalue weighted by atomic mass is 35.5. The summed E-state index contributed by atoms with van der Waals surface area (Å²) in [5, 5.41) is 6.00. The second-order valence-electron chi connectivity index (χ2n) is 6.38. The monoisotopic (exact) mass is 391 g/mol. The van der Waals surface area contributed by atoms with Gasteiger partial charge in [-0.2, -0.15) is 0 Å². The highest BCUT2D eigenvalue weighted by Crippen LogP contribution is 2.25. The minimum atomic E-state index is -0.303. The molecule has 1 saturated heterocycles. The number of benzene rings is 2. The number of hydrogen-bond acceptors (Lipinski definition) is 3. The summed E-state index contributed by atoms with van der Waals surface area (Å²) in [6, 6.07) is 13.4. The maximum Gasteiger partial charge on any atom is 0.254 e. The minimum Gasteiger partial charge on any atom is -0.352 e. The Morgan fingerprint density at radius 3 is 2.63 bits per heavy atom. The molecular formula is C20H23ClFN3O2. The number of hydrogen-bond donors (Lipinski definition) is 2. The van der Waals surface area contributed by atoms with Gasteiger partial charge in [0, 0.05) is 38.7 Å². The van der Waals surface area contributed by atoms with Gasteiger partial charge in [-0.1, -0.05) is 24.3 Å². The Kier molecular flexibility index (Phi) is 7.33. The van der Waals surface area contributed by atoms with Crippen molar-refractivity contribution in [1.82, 2.24) is 15.5 Å². The molecule has 0 radical (unpaired) electrons. The Morgan fingerprint density at radius 2 is 1.96 bits per heavy atom. The van der Waals surface area contributed by atoms with Crippen LogP contribution in [-0.4, -0.2) is 36.3 Å². The van der Waals surface area contributed by atoms with Crippen molar-refractivity contribution in [3.8, 4) is 0 Å². The topological polar surface area (TPSA) is 61.4 Å². The Labute approximate surface area is 164 Å². The molecule has 3 rings (SSSR count). The van der Waals surface area contributed by atoms with Gasteiger partial charge in [-0.3, -0.25) is 9.59 Å². The quantitative estimate of drug-likeness (QED) is 0.842. The lowest BCUT2D eigenvalue weighted by molar-refractivity contribution is -0.119. The zero-order valence-electron chi connectivity index (χ0n) is 15.1. The molecule has 1 heterocycles. The van der Waals surface area contributed by atoms with Crippen molar-refractivity contribution in [3.05, 3.63) is 71.0 Å². The van der Waals surface area contributed by atoms with E-state index >= 15 is 0 Å². The van der Waals surface area contributed by atoms with E-state index in [0.29, 0.717) is 31.7 Å². The van der Waals surface area contributed by atoms with Crippen molar-refractivity contribution in [3.63, 3.8) is 0 Å². The molecule has 5 nitrogen and oxygen atoms in total. The maximum absolute atomic E-state index is 13.6. The summed E-state index contributed by atoms with van der Waals surface area (Å²) in [5.41, 5.74) is 2.30. The molecule has 1 aliphatic heterocycles. The molecule has 0 spiro atoms. The van der Waals surface area contributed by atoms with Gasteiger partial charge in [0.05, 0.1) is 6.04 Å². The molecule has 1 fully saturated rings. The van der Waals surface area contributed by atoms with Gasteiger partial charge >= 0.3 is 0 Å². The first kappa shape index (κ1) is 20.9. The van der Waals surface area contributed by atoms with Crippen LogP contribution >= 0.6 is 12.4 Å². The van der Waals surface area contributed by atoms with Crippen LogP contribution in [0.4, 0.5) is 4.39 Å². The predicted octanol–water partition coefficient (Wildman–Crippen LogP) is 2.67. The van der Waals surface area contributed by atoms with Gasteiger partial charge in [0.25, 0.3) is 5.91 Å². The molecule has 0 saturated carbocycles. The summed E-state index contributed by atoms with van der Waals surface area (Å²) in [5.74, 6) is -0.474. The second-order valence-corrected chi connectivity index (χ2v) is 6.38. The molecule has 144 valence electrons. The van der Waals surface area contributed by atoms with E-state index in [-0.39, 0.29) is 36.1 Å². The molecule has 2 N–H and O–H groups in total. The van der Waals surface area contributed by atoms with Gasteiger partial charge in [0.15, 0.2) is 0 Å². The summed E-state index contributed by atoms with van der Waals surface area (Å²) in [6.07, 6.45) is 0. The number of amides is 2. The van der Waals surface area contributed by atoms with Crippen molar-refractivity contribution in [2.24, 2.45) is 0 Å². The van der Waals surface area contributed by atoms with Crippen molar-refractivity contribution in [2.45, 2.75) is 19.5 Å². The highest BCUT2D eigenvalue weighted by Gasteiger charge is 2.28. The summed E-state index contributed by atoms with van der Waals surface area (Å²) in [7, 11) is 0. The van der Waals surface area contributed by atoms with Crippen LogP contribution in [0, 0.1) is 5.82 Å². The molecule has 1 aliphatic rings. The first-order valence-electron chi connectivity index (χ1n) is 8.65. The third kappa shape index (κ3) is 5.28. The summed E-state index contributed by atoms with van der Waals surface area (Å²) < 4.78 is 13.6. The molecule has 1 unspecified atom stereocenters. The molecule has 1 atom stereocenters. The second kappa shape index (κ2) is 9.48. The molecule has 0 bridgehead atoms. The Balaban J connectivity index is 0.00000261. The van der Waals surface area contributed by atoms with Crippen molar-refractivity contribution in [1.29, 1.82) is 0 Å². The fourth-order valence-corrected chi connectivity index (χ4v) is 3.12. The number of carbonyl (C=O) groups excluding carboxylic acids is 2. The van der Waals surface area contributed by atoms with Crippen LogP contribution in [0.1, 0.15) is 34.5 Å². The zero-order chi connectivity index (χ0) is 18.5. The number of halogens is 2. The predicted molar refractivity (Wildman–Crippen MR) is 104 cm³/mol. The average Bonchev–Trinajstić information content (AvgIpc) is 2.66. The Hall–Kier alpha value is -2.44. The number of nitrogens with zero attached hydrogens (tertiary/aromatic N) is 1. The van der Waals surface area contributed by atoms with Gasteiger partial charge in [0.2, 0.25) is 5.91 Å². The van der Waals surface area contributed by atoms with Crippen LogP contribution in [0.2, 0.25) is 0 Å². The van der Waals surface area contributed by atoms with Crippen LogP contribution in [-0.2, 0) is 11.3 Å². The molecular weight excluding hydrogens is 369 g/mol. The Morgan fingerprint density at radius 1 is 1.22 bits per heavy atom. The highest BCUT2D eigenvalue weighted by molar-refractivity contribution is 5.94. The van der Waals surface area contributed by atoms with E-state index in [2.05, 4.69) is 10.6 Å². The molecule has 0 aromatic heterocycles. The van der Waals surface area contributed by atoms with E-state index in [1.54, 1.807) is 23.1 Å². The Bertz CT molecular complexity index is 798. The molecule has 7 heteroatoms. The lowest BCUT2D eigenvalue weighted by atomic mass is 10.0. The van der Waals surface area contributed by atoms with E-state index < -0.39 is 0 Å². The fraction of sp³-hybridized carbons (Fsp3) is 0.300. The molecule has 0 aliphatic carbocycles. The third-order valence-electron chi connectivity index (χ3n) is 4.48. The average molecular weight is 392 g/mol. The van der Waals surface area contributed by atoms with Crippen LogP contribution in [0.3, 0.4) is 0 Å². The van der Waals surface area contributed by atoms with Gasteiger partial charge in [-0.05, 0) is 35.4 Å². The van der Waals surface area contributed by atoms with Crippen LogP contribution < -0.4 is 10.6 Å². The summed E-state index contributed by atoms with van der Waals surface area (Å²) in [6.45, 7) is 3.76. The zero-order valence-corrected chi connectivity index (χ0v) is 15.9. The lowest BCUT2D eigenvalue weighted by Crippen LogP contribution is -2.48. The van der Waals surface area contributed by atoms with Gasteiger partial charge in [0.1, 0.15) is 5.82 Å². The van der Waals surface area contributed by atoms with E-state index in [1.807, 2.05) is 18.2 Å². The van der Waals surface area contributed by atoms with Crippen LogP contribution in [0.5, 0.6) is 0 Å². The smallest absolute Gasteiger partial charge is 0.254 e.